The quantitative estimate of drug-likeness (QED) is 0.713. The Morgan fingerprint density at radius 2 is 2.04 bits per heavy atom. The highest BCUT2D eigenvalue weighted by Gasteiger charge is 2.50. The lowest BCUT2D eigenvalue weighted by Crippen LogP contribution is -2.47. The van der Waals surface area contributed by atoms with Crippen LogP contribution in [0.4, 0.5) is 4.39 Å². The second-order valence-electron chi connectivity index (χ2n) is 6.25. The Kier molecular flexibility index (Phi) is 6.30. The van der Waals surface area contributed by atoms with Crippen molar-refractivity contribution in [3.8, 4) is 0 Å². The Bertz CT molecular complexity index is 673. The van der Waals surface area contributed by atoms with E-state index in [-0.39, 0.29) is 49.6 Å². The number of Topliss-reactive ketones (excluding diaryl/α,β-unsaturated/α-hetero) is 2. The zero-order valence-electron chi connectivity index (χ0n) is 14.1. The molecule has 0 radical (unpaired) electrons. The summed E-state index contributed by atoms with van der Waals surface area (Å²) in [6.07, 6.45) is 0.703. The van der Waals surface area contributed by atoms with Crippen LogP contribution in [-0.4, -0.2) is 46.2 Å². The van der Waals surface area contributed by atoms with Gasteiger partial charge in [-0.15, -0.1) is 0 Å². The SMILES string of the molecule is CCC(=O)CCN1CCC(O)(C(=O)CCc2cc(F)cc(Cl)c2)C1=O. The molecule has 0 spiro atoms. The predicted molar refractivity (Wildman–Crippen MR) is 90.8 cm³/mol. The van der Waals surface area contributed by atoms with Crippen LogP contribution in [0, 0.1) is 5.82 Å². The van der Waals surface area contributed by atoms with Crippen molar-refractivity contribution in [2.24, 2.45) is 0 Å². The van der Waals surface area contributed by atoms with Crippen LogP contribution in [0.15, 0.2) is 18.2 Å². The van der Waals surface area contributed by atoms with E-state index in [9.17, 15) is 23.9 Å². The number of carbonyl (C=O) groups excluding carboxylic acids is 3. The van der Waals surface area contributed by atoms with Gasteiger partial charge in [-0.05, 0) is 30.2 Å². The number of carbonyl (C=O) groups is 3. The van der Waals surface area contributed by atoms with Crippen LogP contribution in [0.25, 0.3) is 0 Å². The third-order valence-electron chi connectivity index (χ3n) is 4.46. The van der Waals surface area contributed by atoms with E-state index >= 15 is 0 Å². The van der Waals surface area contributed by atoms with Crippen LogP contribution in [0.2, 0.25) is 5.02 Å². The average Bonchev–Trinajstić information content (AvgIpc) is 2.86. The number of nitrogens with zero attached hydrogens (tertiary/aromatic N) is 1. The molecule has 7 heteroatoms. The summed E-state index contributed by atoms with van der Waals surface area (Å²) in [4.78, 5) is 37.4. The number of amides is 1. The standard InChI is InChI=1S/C18H21ClFNO4/c1-2-15(22)5-7-21-8-6-18(25,17(21)24)16(23)4-3-12-9-13(19)11-14(20)10-12/h9-11,25H,2-8H2,1H3. The highest BCUT2D eigenvalue weighted by Crippen LogP contribution is 2.26. The number of aliphatic hydroxyl groups is 1. The number of rotatable bonds is 8. The first-order chi connectivity index (χ1) is 11.8. The van der Waals surface area contributed by atoms with Crippen molar-refractivity contribution in [3.63, 3.8) is 0 Å². The molecule has 1 aliphatic heterocycles. The first-order valence-electron chi connectivity index (χ1n) is 8.28. The largest absolute Gasteiger partial charge is 0.373 e. The fraction of sp³-hybridized carbons (Fsp3) is 0.500. The van der Waals surface area contributed by atoms with Gasteiger partial charge in [-0.1, -0.05) is 18.5 Å². The van der Waals surface area contributed by atoms with E-state index in [0.717, 1.165) is 6.07 Å². The molecule has 0 saturated carbocycles. The van der Waals surface area contributed by atoms with Crippen molar-refractivity contribution < 1.29 is 23.9 Å². The molecular formula is C18H21ClFNO4. The van der Waals surface area contributed by atoms with Gasteiger partial charge in [0.15, 0.2) is 5.78 Å². The molecular weight excluding hydrogens is 349 g/mol. The predicted octanol–water partition coefficient (Wildman–Crippen LogP) is 2.31. The van der Waals surface area contributed by atoms with Crippen LogP contribution in [-0.2, 0) is 20.8 Å². The molecule has 0 bridgehead atoms. The van der Waals surface area contributed by atoms with Crippen molar-refractivity contribution in [2.45, 2.75) is 44.6 Å². The molecule has 5 nitrogen and oxygen atoms in total. The lowest BCUT2D eigenvalue weighted by Gasteiger charge is -2.21. The second-order valence-corrected chi connectivity index (χ2v) is 6.68. The monoisotopic (exact) mass is 369 g/mol. The number of likely N-dealkylation sites (tertiary alicyclic amines) is 1. The number of halogens is 2. The van der Waals surface area contributed by atoms with Gasteiger partial charge in [0.2, 0.25) is 5.60 Å². The topological polar surface area (TPSA) is 74.7 Å². The van der Waals surface area contributed by atoms with Crippen LogP contribution >= 0.6 is 11.6 Å². The summed E-state index contributed by atoms with van der Waals surface area (Å²) >= 11 is 5.77. The summed E-state index contributed by atoms with van der Waals surface area (Å²) < 4.78 is 13.3. The van der Waals surface area contributed by atoms with Gasteiger partial charge in [0.05, 0.1) is 0 Å². The summed E-state index contributed by atoms with van der Waals surface area (Å²) in [5.74, 6) is -1.73. The molecule has 1 heterocycles. The first-order valence-corrected chi connectivity index (χ1v) is 8.65. The average molecular weight is 370 g/mol. The van der Waals surface area contributed by atoms with E-state index in [2.05, 4.69) is 0 Å². The van der Waals surface area contributed by atoms with Gasteiger partial charge in [-0.25, -0.2) is 4.39 Å². The molecule has 1 unspecified atom stereocenters. The minimum atomic E-state index is -2.05. The third kappa shape index (κ3) is 4.64. The molecule has 1 N–H and O–H groups in total. The Morgan fingerprint density at radius 3 is 2.68 bits per heavy atom. The van der Waals surface area contributed by atoms with Crippen molar-refractivity contribution >= 4 is 29.1 Å². The fourth-order valence-corrected chi connectivity index (χ4v) is 3.14. The molecule has 0 aromatic heterocycles. The highest BCUT2D eigenvalue weighted by molar-refractivity contribution is 6.30. The first kappa shape index (κ1) is 19.5. The zero-order valence-corrected chi connectivity index (χ0v) is 14.8. The van der Waals surface area contributed by atoms with Crippen LogP contribution in [0.5, 0.6) is 0 Å². The van der Waals surface area contributed by atoms with E-state index in [0.29, 0.717) is 12.0 Å². The van der Waals surface area contributed by atoms with Crippen LogP contribution in [0.1, 0.15) is 38.2 Å². The smallest absolute Gasteiger partial charge is 0.262 e. The summed E-state index contributed by atoms with van der Waals surface area (Å²) in [6, 6.07) is 3.97. The van der Waals surface area contributed by atoms with Gasteiger partial charge in [-0.3, -0.25) is 14.4 Å². The molecule has 0 aliphatic carbocycles. The molecule has 136 valence electrons. The molecule has 25 heavy (non-hydrogen) atoms. The Balaban J connectivity index is 1.96. The summed E-state index contributed by atoms with van der Waals surface area (Å²) in [5, 5.41) is 10.7. The Hall–Kier alpha value is -1.79. The van der Waals surface area contributed by atoms with Crippen LogP contribution < -0.4 is 0 Å². The van der Waals surface area contributed by atoms with Crippen molar-refractivity contribution in [2.75, 3.05) is 13.1 Å². The van der Waals surface area contributed by atoms with Gasteiger partial charge < -0.3 is 10.0 Å². The van der Waals surface area contributed by atoms with Gasteiger partial charge in [-0.2, -0.15) is 0 Å². The molecule has 1 saturated heterocycles. The molecule has 2 rings (SSSR count). The molecule has 1 aromatic carbocycles. The lowest BCUT2D eigenvalue weighted by atomic mass is 9.92. The molecule has 1 atom stereocenters. The molecule has 1 fully saturated rings. The number of hydrogen-bond acceptors (Lipinski definition) is 4. The Labute approximate surface area is 150 Å². The normalized spacial score (nSPS) is 20.2. The Morgan fingerprint density at radius 1 is 1.32 bits per heavy atom. The van der Waals surface area contributed by atoms with Gasteiger partial charge in [0, 0.05) is 43.8 Å². The number of hydrogen-bond donors (Lipinski definition) is 1. The van der Waals surface area contributed by atoms with E-state index in [1.165, 1.54) is 11.0 Å². The third-order valence-corrected chi connectivity index (χ3v) is 4.68. The van der Waals surface area contributed by atoms with E-state index in [1.54, 1.807) is 13.0 Å². The summed E-state index contributed by atoms with van der Waals surface area (Å²) in [7, 11) is 0. The number of benzene rings is 1. The van der Waals surface area contributed by atoms with Crippen LogP contribution in [0.3, 0.4) is 0 Å². The maximum atomic E-state index is 13.3. The summed E-state index contributed by atoms with van der Waals surface area (Å²) in [5.41, 5.74) is -1.52. The minimum Gasteiger partial charge on any atom is -0.373 e. The molecule has 1 amide bonds. The van der Waals surface area contributed by atoms with Gasteiger partial charge >= 0.3 is 0 Å². The number of ketones is 2. The van der Waals surface area contributed by atoms with E-state index in [1.807, 2.05) is 0 Å². The van der Waals surface area contributed by atoms with Gasteiger partial charge in [0.25, 0.3) is 5.91 Å². The van der Waals surface area contributed by atoms with E-state index < -0.39 is 23.1 Å². The highest BCUT2D eigenvalue weighted by atomic mass is 35.5. The summed E-state index contributed by atoms with van der Waals surface area (Å²) in [6.45, 7) is 2.19. The van der Waals surface area contributed by atoms with Crippen molar-refractivity contribution in [1.82, 2.24) is 4.90 Å². The van der Waals surface area contributed by atoms with Crippen molar-refractivity contribution in [3.05, 3.63) is 34.6 Å². The molecule has 1 aliphatic rings. The maximum Gasteiger partial charge on any atom is 0.262 e. The lowest BCUT2D eigenvalue weighted by molar-refractivity contribution is -0.153. The zero-order chi connectivity index (χ0) is 18.6. The molecule has 1 aromatic rings. The second kappa shape index (κ2) is 8.06. The minimum absolute atomic E-state index is 0.00882. The number of aryl methyl sites for hydroxylation is 1. The van der Waals surface area contributed by atoms with Gasteiger partial charge in [0.1, 0.15) is 11.6 Å². The van der Waals surface area contributed by atoms with Crippen molar-refractivity contribution in [1.29, 1.82) is 0 Å². The fourth-order valence-electron chi connectivity index (χ4n) is 2.90. The maximum absolute atomic E-state index is 13.3. The van der Waals surface area contributed by atoms with E-state index in [4.69, 9.17) is 11.6 Å².